The zero-order valence-corrected chi connectivity index (χ0v) is 29.9. The van der Waals surface area contributed by atoms with E-state index in [1.54, 1.807) is 9.80 Å². The Hall–Kier alpha value is -3.83. The number of ether oxygens (including phenoxy) is 1. The first-order chi connectivity index (χ1) is 23.5. The van der Waals surface area contributed by atoms with Crippen molar-refractivity contribution in [2.45, 2.75) is 88.9 Å². The zero-order valence-electron chi connectivity index (χ0n) is 28.9. The Morgan fingerprint density at radius 2 is 1.63 bits per heavy atom. The van der Waals surface area contributed by atoms with Crippen molar-refractivity contribution in [3.63, 3.8) is 0 Å². The number of aliphatic hydroxyl groups excluding tert-OH is 1. The van der Waals surface area contributed by atoms with Gasteiger partial charge in [-0.25, -0.2) is 0 Å². The largest absolute Gasteiger partial charge is 0.432 e. The normalized spacial score (nSPS) is 24.2. The summed E-state index contributed by atoms with van der Waals surface area (Å²) < 4.78 is 7.00. The van der Waals surface area contributed by atoms with E-state index in [2.05, 4.69) is 0 Å². The number of fused-ring (bicyclic) bond motifs is 2. The third kappa shape index (κ3) is 6.97. The van der Waals surface area contributed by atoms with Gasteiger partial charge >= 0.3 is 0 Å². The molecule has 6 rings (SSSR count). The molecule has 3 aromatic rings. The molecule has 3 heterocycles. The van der Waals surface area contributed by atoms with Crippen LogP contribution >= 0.6 is 0 Å². The Morgan fingerprint density at radius 3 is 2.31 bits per heavy atom. The predicted octanol–water partition coefficient (Wildman–Crippen LogP) is 5.74. The van der Waals surface area contributed by atoms with Gasteiger partial charge in [-0.3, -0.25) is 14.4 Å². The van der Waals surface area contributed by atoms with Crippen LogP contribution in [0.2, 0.25) is 18.6 Å². The lowest BCUT2D eigenvalue weighted by Crippen LogP contribution is -2.46. The summed E-state index contributed by atoms with van der Waals surface area (Å²) in [5.74, 6) is -0.804. The van der Waals surface area contributed by atoms with E-state index in [1.807, 2.05) is 104 Å². The number of nitrogens with zero attached hydrogens (tertiary/aromatic N) is 3. The Kier molecular flexibility index (Phi) is 10.4. The van der Waals surface area contributed by atoms with Gasteiger partial charge in [0.1, 0.15) is 0 Å². The first-order valence-corrected chi connectivity index (χ1v) is 20.7. The van der Waals surface area contributed by atoms with Gasteiger partial charge in [-0.15, -0.1) is 0 Å². The number of hydrogen-bond donors (Lipinski definition) is 2. The van der Waals surface area contributed by atoms with Gasteiger partial charge < -0.3 is 29.3 Å². The van der Waals surface area contributed by atoms with Gasteiger partial charge in [0.2, 0.25) is 11.8 Å². The minimum atomic E-state index is -3.03. The molecule has 49 heavy (non-hydrogen) atoms. The molecule has 9 nitrogen and oxygen atoms in total. The smallest absolute Gasteiger partial charge is 0.264 e. The molecule has 4 atom stereocenters. The molecule has 0 aliphatic carbocycles. The topological polar surface area (TPSA) is 111 Å². The molecule has 3 aliphatic rings. The summed E-state index contributed by atoms with van der Waals surface area (Å²) in [6.07, 6.45) is 3.59. The Labute approximate surface area is 290 Å². The lowest BCUT2D eigenvalue weighted by Gasteiger charge is -2.33. The second kappa shape index (κ2) is 14.6. The Balaban J connectivity index is 1.40. The lowest BCUT2D eigenvalue weighted by molar-refractivity contribution is -0.150. The molecular formula is C39H49N3O6Si. The van der Waals surface area contributed by atoms with Crippen molar-refractivity contribution in [2.75, 3.05) is 29.5 Å². The van der Waals surface area contributed by atoms with Crippen molar-refractivity contribution in [3.05, 3.63) is 95.6 Å². The van der Waals surface area contributed by atoms with Crippen molar-refractivity contribution in [1.29, 1.82) is 0 Å². The predicted molar refractivity (Wildman–Crippen MR) is 192 cm³/mol. The van der Waals surface area contributed by atoms with E-state index in [0.717, 1.165) is 48.2 Å². The molecule has 0 aromatic heterocycles. The average Bonchev–Trinajstić information content (AvgIpc) is 3.49. The fourth-order valence-electron chi connectivity index (χ4n) is 8.31. The van der Waals surface area contributed by atoms with Crippen molar-refractivity contribution in [2.24, 2.45) is 5.92 Å². The number of carbonyl (C=O) groups excluding carboxylic acids is 3. The second-order valence-corrected chi connectivity index (χ2v) is 18.4. The van der Waals surface area contributed by atoms with Crippen LogP contribution in [0.4, 0.5) is 11.4 Å². The van der Waals surface area contributed by atoms with E-state index in [4.69, 9.17) is 4.74 Å². The highest BCUT2D eigenvalue weighted by molar-refractivity contribution is 6.71. The van der Waals surface area contributed by atoms with Crippen LogP contribution in [0, 0.1) is 5.92 Å². The van der Waals surface area contributed by atoms with Crippen molar-refractivity contribution >= 4 is 37.4 Å². The van der Waals surface area contributed by atoms with Gasteiger partial charge in [0.05, 0.1) is 31.4 Å². The van der Waals surface area contributed by atoms with Crippen LogP contribution in [0.25, 0.3) is 0 Å². The minimum absolute atomic E-state index is 0.0355. The molecule has 0 bridgehead atoms. The molecule has 10 heteroatoms. The highest BCUT2D eigenvalue weighted by atomic mass is 28.4. The maximum Gasteiger partial charge on any atom is 0.264 e. The standard InChI is InChI=1S/C39H49N3O6Si/c1-28-37(49(2,3)47)34(25-36(45)40(22-23-43)26-29-14-8-6-9-15-29)48-39(28)32-24-31(41-21-13-5-4-12-18-35(41)44)19-20-33(32)42(38(39)46)27-30-16-10-7-11-17-30/h6-11,14-17,19-20,24,28,34,37,43,47H,4-5,12-13,18,21-23,25-27H2,1-3H3/t28-,34+,37-,39+/m0/s1. The molecule has 1 spiro atoms. The average molecular weight is 684 g/mol. The second-order valence-electron chi connectivity index (χ2n) is 14.4. The van der Waals surface area contributed by atoms with Crippen LogP contribution in [0.15, 0.2) is 78.9 Å². The molecule has 2 fully saturated rings. The van der Waals surface area contributed by atoms with E-state index in [0.29, 0.717) is 31.6 Å². The summed E-state index contributed by atoms with van der Waals surface area (Å²) in [6.45, 7) is 6.91. The number of aliphatic hydroxyl groups is 1. The minimum Gasteiger partial charge on any atom is -0.432 e. The van der Waals surface area contributed by atoms with Gasteiger partial charge in [-0.2, -0.15) is 0 Å². The van der Waals surface area contributed by atoms with E-state index in [-0.39, 0.29) is 37.3 Å². The van der Waals surface area contributed by atoms with Crippen LogP contribution in [-0.2, 0) is 37.8 Å². The SMILES string of the molecule is C[C@H]1[C@H]([Si](C)(C)O)[C@@H](CC(=O)N(CCO)Cc2ccccc2)O[C@]12C(=O)N(Cc1ccccc1)c1ccc(N3CCCCCCC3=O)cc12. The molecule has 260 valence electrons. The van der Waals surface area contributed by atoms with Crippen molar-refractivity contribution in [3.8, 4) is 0 Å². The number of anilines is 2. The summed E-state index contributed by atoms with van der Waals surface area (Å²) in [5.41, 5.74) is 2.16. The number of amides is 3. The van der Waals surface area contributed by atoms with Gasteiger partial charge in [0.25, 0.3) is 5.91 Å². The van der Waals surface area contributed by atoms with Gasteiger partial charge in [0, 0.05) is 48.8 Å². The molecular weight excluding hydrogens is 635 g/mol. The summed E-state index contributed by atoms with van der Waals surface area (Å²) in [6, 6.07) is 25.3. The van der Waals surface area contributed by atoms with Crippen LogP contribution in [0.5, 0.6) is 0 Å². The highest BCUT2D eigenvalue weighted by Gasteiger charge is 2.66. The third-order valence-corrected chi connectivity index (χ3v) is 13.1. The van der Waals surface area contributed by atoms with Crippen LogP contribution < -0.4 is 9.80 Å². The lowest BCUT2D eigenvalue weighted by atomic mass is 9.82. The molecule has 0 unspecified atom stereocenters. The van der Waals surface area contributed by atoms with E-state index in [9.17, 15) is 24.3 Å². The summed E-state index contributed by atoms with van der Waals surface area (Å²) >= 11 is 0. The maximum atomic E-state index is 15.0. The fraction of sp³-hybridized carbons (Fsp3) is 0.462. The van der Waals surface area contributed by atoms with Gasteiger partial charge in [0.15, 0.2) is 13.9 Å². The molecule has 0 radical (unpaired) electrons. The summed E-state index contributed by atoms with van der Waals surface area (Å²) in [7, 11) is -3.03. The van der Waals surface area contributed by atoms with Crippen molar-refractivity contribution < 1.29 is 29.0 Å². The number of hydrogen-bond acceptors (Lipinski definition) is 6. The van der Waals surface area contributed by atoms with Gasteiger partial charge in [-0.1, -0.05) is 80.4 Å². The quantitative estimate of drug-likeness (QED) is 0.264. The van der Waals surface area contributed by atoms with E-state index in [1.165, 1.54) is 0 Å². The molecule has 3 amide bonds. The fourth-order valence-corrected chi connectivity index (χ4v) is 10.9. The number of rotatable bonds is 10. The molecule has 3 aromatic carbocycles. The molecule has 3 aliphatic heterocycles. The van der Waals surface area contributed by atoms with Crippen molar-refractivity contribution in [1.82, 2.24) is 4.90 Å². The number of benzene rings is 3. The molecule has 0 saturated carbocycles. The first kappa shape index (κ1) is 35.0. The highest BCUT2D eigenvalue weighted by Crippen LogP contribution is 2.60. The molecule has 2 saturated heterocycles. The Bertz CT molecular complexity index is 1650. The van der Waals surface area contributed by atoms with Crippen LogP contribution in [0.3, 0.4) is 0 Å². The third-order valence-electron chi connectivity index (χ3n) is 10.6. The van der Waals surface area contributed by atoms with Gasteiger partial charge in [-0.05, 0) is 55.3 Å². The van der Waals surface area contributed by atoms with Crippen LogP contribution in [-0.4, -0.2) is 66.6 Å². The summed E-state index contributed by atoms with van der Waals surface area (Å²) in [5, 5.41) is 9.86. The van der Waals surface area contributed by atoms with Crippen LogP contribution in [0.1, 0.15) is 62.1 Å². The first-order valence-electron chi connectivity index (χ1n) is 17.7. The van der Waals surface area contributed by atoms with E-state index < -0.39 is 31.5 Å². The molecule has 2 N–H and O–H groups in total. The number of carbonyl (C=O) groups is 3. The maximum absolute atomic E-state index is 15.0. The monoisotopic (exact) mass is 683 g/mol. The Morgan fingerprint density at radius 1 is 0.959 bits per heavy atom. The van der Waals surface area contributed by atoms with E-state index >= 15 is 0 Å². The zero-order chi connectivity index (χ0) is 34.8. The summed E-state index contributed by atoms with van der Waals surface area (Å²) in [4.78, 5) is 59.3.